The first-order valence-corrected chi connectivity index (χ1v) is 8.30. The van der Waals surface area contributed by atoms with Gasteiger partial charge in [-0.2, -0.15) is 0 Å². The first kappa shape index (κ1) is 20.2. The Hall–Kier alpha value is -1.77. The number of carbonyl (C=O) groups is 1. The number of nitrogens with one attached hydrogen (secondary N) is 1. The molecule has 0 heterocycles. The molecule has 0 atom stereocenters. The van der Waals surface area contributed by atoms with Gasteiger partial charge in [0.1, 0.15) is 0 Å². The predicted octanol–water partition coefficient (Wildman–Crippen LogP) is 4.21. The van der Waals surface area contributed by atoms with Crippen molar-refractivity contribution >= 4 is 5.91 Å². The van der Waals surface area contributed by atoms with Crippen LogP contribution in [0.5, 0.6) is 0 Å². The van der Waals surface area contributed by atoms with E-state index in [-0.39, 0.29) is 5.91 Å². The van der Waals surface area contributed by atoms with Gasteiger partial charge in [-0.25, -0.2) is 0 Å². The van der Waals surface area contributed by atoms with E-state index in [1.54, 1.807) is 0 Å². The second-order valence-corrected chi connectivity index (χ2v) is 4.98. The summed E-state index contributed by atoms with van der Waals surface area (Å²) in [5, 5.41) is 3.39. The Labute approximate surface area is 136 Å². The van der Waals surface area contributed by atoms with Crippen LogP contribution in [0, 0.1) is 0 Å². The lowest BCUT2D eigenvalue weighted by atomic mass is 10.1. The molecule has 1 N–H and O–H groups in total. The molecule has 0 aromatic heterocycles. The van der Waals surface area contributed by atoms with Gasteiger partial charge in [0, 0.05) is 25.3 Å². The second kappa shape index (κ2) is 12.9. The van der Waals surface area contributed by atoms with Crippen LogP contribution in [0.2, 0.25) is 0 Å². The van der Waals surface area contributed by atoms with E-state index in [4.69, 9.17) is 0 Å². The number of hydrogen-bond donors (Lipinski definition) is 1. The van der Waals surface area contributed by atoms with Gasteiger partial charge in [0.05, 0.1) is 5.57 Å². The highest BCUT2D eigenvalue weighted by molar-refractivity contribution is 5.97. The van der Waals surface area contributed by atoms with E-state index in [9.17, 15) is 4.79 Å². The van der Waals surface area contributed by atoms with Gasteiger partial charge in [-0.05, 0) is 46.6 Å². The molecule has 0 fully saturated rings. The monoisotopic (exact) mass is 304 g/mol. The van der Waals surface area contributed by atoms with Crippen molar-refractivity contribution in [3.8, 4) is 0 Å². The number of rotatable bonds is 10. The maximum Gasteiger partial charge on any atom is 0.255 e. The van der Waals surface area contributed by atoms with Crippen LogP contribution >= 0.6 is 0 Å². The van der Waals surface area contributed by atoms with Gasteiger partial charge in [-0.1, -0.05) is 37.3 Å². The Bertz CT molecular complexity index is 431. The quantitative estimate of drug-likeness (QED) is 0.284. The lowest BCUT2D eigenvalue weighted by molar-refractivity contribution is -0.126. The van der Waals surface area contributed by atoms with Crippen LogP contribution in [0.1, 0.15) is 47.5 Å². The van der Waals surface area contributed by atoms with Gasteiger partial charge in [0.25, 0.3) is 5.91 Å². The van der Waals surface area contributed by atoms with E-state index in [1.807, 2.05) is 63.0 Å². The summed E-state index contributed by atoms with van der Waals surface area (Å²) in [4.78, 5) is 14.6. The molecule has 0 unspecified atom stereocenters. The Morgan fingerprint density at radius 1 is 1.14 bits per heavy atom. The molecule has 22 heavy (non-hydrogen) atoms. The van der Waals surface area contributed by atoms with Crippen molar-refractivity contribution in [1.29, 1.82) is 0 Å². The van der Waals surface area contributed by atoms with Gasteiger partial charge < -0.3 is 10.2 Å². The van der Waals surface area contributed by atoms with Crippen molar-refractivity contribution in [2.75, 3.05) is 19.6 Å². The standard InChI is InChI=1S/C19H32N2O/c1-6-11-13-15-20-18(14-12-7-2)17(9-4)19(22)21(10-5)16-8-3/h6-7,9,11-12,14,20H,8,10,13,15-16H2,1-5H3/b11-6-,12-7-,17-9+,18-14+. The topological polar surface area (TPSA) is 32.3 Å². The van der Waals surface area contributed by atoms with Gasteiger partial charge in [-0.15, -0.1) is 0 Å². The van der Waals surface area contributed by atoms with E-state index in [2.05, 4.69) is 18.3 Å². The lowest BCUT2D eigenvalue weighted by Gasteiger charge is -2.23. The molecule has 1 amide bonds. The number of likely N-dealkylation sites (N-methyl/N-ethyl adjacent to an activating group) is 1. The normalized spacial score (nSPS) is 13.1. The molecule has 0 rings (SSSR count). The predicted molar refractivity (Wildman–Crippen MR) is 96.6 cm³/mol. The number of nitrogens with zero attached hydrogens (tertiary/aromatic N) is 1. The Kier molecular flexibility index (Phi) is 11.9. The summed E-state index contributed by atoms with van der Waals surface area (Å²) in [6.07, 6.45) is 13.9. The summed E-state index contributed by atoms with van der Waals surface area (Å²) < 4.78 is 0. The molecule has 0 saturated heterocycles. The van der Waals surface area contributed by atoms with Crippen LogP contribution in [-0.2, 0) is 4.79 Å². The average Bonchev–Trinajstić information content (AvgIpc) is 2.53. The van der Waals surface area contributed by atoms with Crippen LogP contribution in [0.15, 0.2) is 47.7 Å². The molecular formula is C19H32N2O. The van der Waals surface area contributed by atoms with Gasteiger partial charge in [-0.3, -0.25) is 4.79 Å². The highest BCUT2D eigenvalue weighted by Gasteiger charge is 2.18. The van der Waals surface area contributed by atoms with Crippen molar-refractivity contribution in [3.05, 3.63) is 47.7 Å². The second-order valence-electron chi connectivity index (χ2n) is 4.98. The summed E-state index contributed by atoms with van der Waals surface area (Å²) in [7, 11) is 0. The fraction of sp³-hybridized carbons (Fsp3) is 0.526. The lowest BCUT2D eigenvalue weighted by Crippen LogP contribution is -2.35. The van der Waals surface area contributed by atoms with E-state index in [1.165, 1.54) is 0 Å². The molecule has 0 aliphatic rings. The van der Waals surface area contributed by atoms with Crippen molar-refractivity contribution in [2.45, 2.75) is 47.5 Å². The Morgan fingerprint density at radius 2 is 1.86 bits per heavy atom. The Morgan fingerprint density at radius 3 is 2.36 bits per heavy atom. The molecule has 0 saturated carbocycles. The third-order valence-electron chi connectivity index (χ3n) is 3.29. The third kappa shape index (κ3) is 7.30. The van der Waals surface area contributed by atoms with Crippen LogP contribution in [0.25, 0.3) is 0 Å². The maximum atomic E-state index is 12.7. The zero-order chi connectivity index (χ0) is 16.8. The van der Waals surface area contributed by atoms with Crippen LogP contribution in [0.4, 0.5) is 0 Å². The van der Waals surface area contributed by atoms with E-state index >= 15 is 0 Å². The summed E-state index contributed by atoms with van der Waals surface area (Å²) in [5.41, 5.74) is 1.64. The zero-order valence-electron chi connectivity index (χ0n) is 14.9. The molecule has 0 radical (unpaired) electrons. The number of hydrogen-bond acceptors (Lipinski definition) is 2. The largest absolute Gasteiger partial charge is 0.384 e. The molecule has 0 aliphatic carbocycles. The van der Waals surface area contributed by atoms with Crippen LogP contribution in [-0.4, -0.2) is 30.4 Å². The highest BCUT2D eigenvalue weighted by Crippen LogP contribution is 2.12. The van der Waals surface area contributed by atoms with Gasteiger partial charge in [0.15, 0.2) is 0 Å². The van der Waals surface area contributed by atoms with Gasteiger partial charge >= 0.3 is 0 Å². The third-order valence-corrected chi connectivity index (χ3v) is 3.29. The molecule has 0 aliphatic heterocycles. The molecular weight excluding hydrogens is 272 g/mol. The summed E-state index contributed by atoms with van der Waals surface area (Å²) >= 11 is 0. The highest BCUT2D eigenvalue weighted by atomic mass is 16.2. The minimum Gasteiger partial charge on any atom is -0.384 e. The maximum absolute atomic E-state index is 12.7. The number of carbonyl (C=O) groups excluding carboxylic acids is 1. The van der Waals surface area contributed by atoms with Crippen molar-refractivity contribution in [1.82, 2.24) is 10.2 Å². The molecule has 3 heteroatoms. The smallest absolute Gasteiger partial charge is 0.255 e. The molecule has 0 spiro atoms. The Balaban J connectivity index is 5.17. The van der Waals surface area contributed by atoms with E-state index in [0.29, 0.717) is 0 Å². The SMILES string of the molecule is C\C=C/C=C(NCC/C=C\C)\C(=C/C)C(=O)N(CC)CCC. The van der Waals surface area contributed by atoms with Crippen molar-refractivity contribution in [2.24, 2.45) is 0 Å². The van der Waals surface area contributed by atoms with Crippen LogP contribution in [0.3, 0.4) is 0 Å². The average molecular weight is 304 g/mol. The summed E-state index contributed by atoms with van der Waals surface area (Å²) in [6.45, 7) is 12.4. The molecule has 0 aromatic rings. The van der Waals surface area contributed by atoms with Crippen molar-refractivity contribution in [3.63, 3.8) is 0 Å². The fourth-order valence-electron chi connectivity index (χ4n) is 2.13. The number of allylic oxidation sites excluding steroid dienone is 5. The fourth-order valence-corrected chi connectivity index (χ4v) is 2.13. The molecule has 3 nitrogen and oxygen atoms in total. The minimum absolute atomic E-state index is 0.0983. The number of amides is 1. The van der Waals surface area contributed by atoms with Crippen molar-refractivity contribution < 1.29 is 4.79 Å². The van der Waals surface area contributed by atoms with E-state index < -0.39 is 0 Å². The molecule has 0 bridgehead atoms. The minimum atomic E-state index is 0.0983. The summed E-state index contributed by atoms with van der Waals surface area (Å²) in [6, 6.07) is 0. The van der Waals surface area contributed by atoms with Crippen LogP contribution < -0.4 is 5.32 Å². The first-order valence-electron chi connectivity index (χ1n) is 8.30. The molecule has 0 aromatic carbocycles. The van der Waals surface area contributed by atoms with Gasteiger partial charge in [0.2, 0.25) is 0 Å². The summed E-state index contributed by atoms with van der Waals surface area (Å²) in [5.74, 6) is 0.0983. The first-order chi connectivity index (χ1) is 10.7. The zero-order valence-corrected chi connectivity index (χ0v) is 14.9. The molecule has 124 valence electrons. The van der Waals surface area contributed by atoms with E-state index in [0.717, 1.165) is 43.7 Å².